The summed E-state index contributed by atoms with van der Waals surface area (Å²) in [7, 11) is 6.23. The number of ether oxygens (including phenoxy) is 1. The SMILES string of the molecule is CNc1nc(C2CN(C)CCN2C)nc2c1COCC2. The Morgan fingerprint density at radius 1 is 1.25 bits per heavy atom. The molecular formula is C14H23N5O. The first kappa shape index (κ1) is 13.7. The van der Waals surface area contributed by atoms with Gasteiger partial charge in [0.2, 0.25) is 0 Å². The number of anilines is 1. The Hall–Kier alpha value is -1.24. The number of rotatable bonds is 2. The Balaban J connectivity index is 1.96. The number of fused-ring (bicyclic) bond motifs is 1. The van der Waals surface area contributed by atoms with Crippen molar-refractivity contribution in [2.75, 3.05) is 52.7 Å². The van der Waals surface area contributed by atoms with Crippen molar-refractivity contribution in [3.63, 3.8) is 0 Å². The molecule has 6 heteroatoms. The van der Waals surface area contributed by atoms with Gasteiger partial charge in [-0.2, -0.15) is 0 Å². The van der Waals surface area contributed by atoms with Gasteiger partial charge < -0.3 is 15.0 Å². The van der Waals surface area contributed by atoms with E-state index in [-0.39, 0.29) is 6.04 Å². The maximum atomic E-state index is 5.52. The van der Waals surface area contributed by atoms with Gasteiger partial charge in [-0.25, -0.2) is 9.97 Å². The lowest BCUT2D eigenvalue weighted by atomic mass is 10.1. The number of likely N-dealkylation sites (N-methyl/N-ethyl adjacent to an activating group) is 2. The molecule has 0 spiro atoms. The van der Waals surface area contributed by atoms with Gasteiger partial charge in [-0.1, -0.05) is 0 Å². The lowest BCUT2D eigenvalue weighted by Gasteiger charge is -2.37. The third-order valence-electron chi connectivity index (χ3n) is 4.23. The summed E-state index contributed by atoms with van der Waals surface area (Å²) >= 11 is 0. The number of hydrogen-bond donors (Lipinski definition) is 1. The second-order valence-corrected chi connectivity index (χ2v) is 5.67. The minimum atomic E-state index is 0.272. The van der Waals surface area contributed by atoms with Crippen molar-refractivity contribution in [3.8, 4) is 0 Å². The normalized spacial score (nSPS) is 24.4. The number of nitrogens with one attached hydrogen (secondary N) is 1. The Kier molecular flexibility index (Phi) is 3.87. The van der Waals surface area contributed by atoms with Gasteiger partial charge in [0.1, 0.15) is 11.6 Å². The van der Waals surface area contributed by atoms with Crippen molar-refractivity contribution < 1.29 is 4.74 Å². The standard InChI is InChI=1S/C14H23N5O/c1-15-13-10-9-20-7-4-11(10)16-14(17-13)12-8-18(2)5-6-19(12)3/h12H,4-9H2,1-3H3,(H,15,16,17). The van der Waals surface area contributed by atoms with E-state index in [4.69, 9.17) is 14.7 Å². The van der Waals surface area contributed by atoms with Crippen LogP contribution in [0.25, 0.3) is 0 Å². The van der Waals surface area contributed by atoms with Crippen LogP contribution in [0.2, 0.25) is 0 Å². The maximum Gasteiger partial charge on any atom is 0.149 e. The fourth-order valence-electron chi connectivity index (χ4n) is 2.90. The lowest BCUT2D eigenvalue weighted by Crippen LogP contribution is -2.45. The second kappa shape index (κ2) is 5.63. The Morgan fingerprint density at radius 3 is 2.90 bits per heavy atom. The minimum absolute atomic E-state index is 0.272. The van der Waals surface area contributed by atoms with Crippen LogP contribution in [0.4, 0.5) is 5.82 Å². The molecule has 1 fully saturated rings. The van der Waals surface area contributed by atoms with E-state index in [1.807, 2.05) is 7.05 Å². The Morgan fingerprint density at radius 2 is 2.10 bits per heavy atom. The van der Waals surface area contributed by atoms with E-state index in [2.05, 4.69) is 29.2 Å². The zero-order valence-electron chi connectivity index (χ0n) is 12.5. The zero-order chi connectivity index (χ0) is 14.1. The molecule has 2 aliphatic rings. The van der Waals surface area contributed by atoms with Crippen LogP contribution in [0.5, 0.6) is 0 Å². The quantitative estimate of drug-likeness (QED) is 0.850. The molecule has 0 aromatic carbocycles. The summed E-state index contributed by atoms with van der Waals surface area (Å²) in [5.74, 6) is 1.86. The van der Waals surface area contributed by atoms with Crippen LogP contribution in [0.15, 0.2) is 0 Å². The predicted molar refractivity (Wildman–Crippen MR) is 77.8 cm³/mol. The summed E-state index contributed by atoms with van der Waals surface area (Å²) in [4.78, 5) is 14.3. The fraction of sp³-hybridized carbons (Fsp3) is 0.714. The highest BCUT2D eigenvalue weighted by molar-refractivity contribution is 5.47. The lowest BCUT2D eigenvalue weighted by molar-refractivity contribution is 0.103. The molecule has 6 nitrogen and oxygen atoms in total. The van der Waals surface area contributed by atoms with Crippen molar-refractivity contribution in [1.82, 2.24) is 19.8 Å². The highest BCUT2D eigenvalue weighted by atomic mass is 16.5. The highest BCUT2D eigenvalue weighted by Crippen LogP contribution is 2.27. The van der Waals surface area contributed by atoms with Crippen LogP contribution >= 0.6 is 0 Å². The number of hydrogen-bond acceptors (Lipinski definition) is 6. The van der Waals surface area contributed by atoms with Gasteiger partial charge in [0.15, 0.2) is 0 Å². The Labute approximate surface area is 120 Å². The van der Waals surface area contributed by atoms with Crippen LogP contribution in [0.1, 0.15) is 23.1 Å². The summed E-state index contributed by atoms with van der Waals surface area (Å²) in [5.41, 5.74) is 2.27. The topological polar surface area (TPSA) is 53.5 Å². The van der Waals surface area contributed by atoms with E-state index in [1.165, 1.54) is 0 Å². The summed E-state index contributed by atoms with van der Waals surface area (Å²) in [5, 5.41) is 3.20. The van der Waals surface area contributed by atoms with E-state index in [1.54, 1.807) is 0 Å². The van der Waals surface area contributed by atoms with Crippen LogP contribution in [-0.4, -0.2) is 67.2 Å². The molecule has 1 atom stereocenters. The fourth-order valence-corrected chi connectivity index (χ4v) is 2.90. The molecule has 1 saturated heterocycles. The van der Waals surface area contributed by atoms with Crippen molar-refractivity contribution in [1.29, 1.82) is 0 Å². The molecule has 1 unspecified atom stereocenters. The average molecular weight is 277 g/mol. The third-order valence-corrected chi connectivity index (χ3v) is 4.23. The summed E-state index contributed by atoms with van der Waals surface area (Å²) in [6.45, 7) is 4.51. The first-order valence-electron chi connectivity index (χ1n) is 7.23. The van der Waals surface area contributed by atoms with E-state index < -0.39 is 0 Å². The van der Waals surface area contributed by atoms with Crippen molar-refractivity contribution >= 4 is 5.82 Å². The third kappa shape index (κ3) is 2.51. The monoisotopic (exact) mass is 277 g/mol. The smallest absolute Gasteiger partial charge is 0.149 e. The van der Waals surface area contributed by atoms with Crippen molar-refractivity contribution in [2.24, 2.45) is 0 Å². The molecule has 3 rings (SSSR count). The molecule has 20 heavy (non-hydrogen) atoms. The molecule has 0 radical (unpaired) electrons. The van der Waals surface area contributed by atoms with E-state index >= 15 is 0 Å². The van der Waals surface area contributed by atoms with Crippen molar-refractivity contribution in [2.45, 2.75) is 19.1 Å². The molecule has 1 aromatic heterocycles. The van der Waals surface area contributed by atoms with Gasteiger partial charge >= 0.3 is 0 Å². The first-order valence-corrected chi connectivity index (χ1v) is 7.23. The summed E-state index contributed by atoms with van der Waals surface area (Å²) < 4.78 is 5.52. The van der Waals surface area contributed by atoms with Gasteiger partial charge in [-0.05, 0) is 14.1 Å². The first-order chi connectivity index (χ1) is 9.69. The molecule has 110 valence electrons. The largest absolute Gasteiger partial charge is 0.376 e. The summed E-state index contributed by atoms with van der Waals surface area (Å²) in [6, 6.07) is 0.272. The van der Waals surface area contributed by atoms with E-state index in [0.717, 1.165) is 55.6 Å². The predicted octanol–water partition coefficient (Wildman–Crippen LogP) is 0.509. The van der Waals surface area contributed by atoms with Crippen LogP contribution < -0.4 is 5.32 Å². The maximum absolute atomic E-state index is 5.52. The molecule has 3 heterocycles. The molecule has 0 amide bonds. The zero-order valence-corrected chi connectivity index (χ0v) is 12.5. The molecule has 1 aromatic rings. The van der Waals surface area contributed by atoms with E-state index in [0.29, 0.717) is 6.61 Å². The molecular weight excluding hydrogens is 254 g/mol. The molecule has 0 aliphatic carbocycles. The van der Waals surface area contributed by atoms with Crippen LogP contribution in [-0.2, 0) is 17.8 Å². The highest BCUT2D eigenvalue weighted by Gasteiger charge is 2.28. The molecule has 0 saturated carbocycles. The Bertz CT molecular complexity index is 475. The minimum Gasteiger partial charge on any atom is -0.376 e. The number of nitrogens with zero attached hydrogens (tertiary/aromatic N) is 4. The number of piperazine rings is 1. The average Bonchev–Trinajstić information content (AvgIpc) is 2.48. The van der Waals surface area contributed by atoms with Crippen molar-refractivity contribution in [3.05, 3.63) is 17.1 Å². The van der Waals surface area contributed by atoms with Crippen LogP contribution in [0.3, 0.4) is 0 Å². The van der Waals surface area contributed by atoms with E-state index in [9.17, 15) is 0 Å². The van der Waals surface area contributed by atoms with Gasteiger partial charge in [0, 0.05) is 38.7 Å². The summed E-state index contributed by atoms with van der Waals surface area (Å²) in [6.07, 6.45) is 0.881. The molecule has 2 aliphatic heterocycles. The molecule has 0 bridgehead atoms. The van der Waals surface area contributed by atoms with Gasteiger partial charge in [0.25, 0.3) is 0 Å². The number of aromatic nitrogens is 2. The van der Waals surface area contributed by atoms with Crippen LogP contribution in [0, 0.1) is 0 Å². The molecule has 1 N–H and O–H groups in total. The van der Waals surface area contributed by atoms with Gasteiger partial charge in [-0.15, -0.1) is 0 Å². The second-order valence-electron chi connectivity index (χ2n) is 5.67. The van der Waals surface area contributed by atoms with Gasteiger partial charge in [0.05, 0.1) is 24.9 Å². The van der Waals surface area contributed by atoms with Gasteiger partial charge in [-0.3, -0.25) is 4.90 Å².